The highest BCUT2D eigenvalue weighted by Gasteiger charge is 2.08. The predicted molar refractivity (Wildman–Crippen MR) is 79.3 cm³/mol. The molecule has 0 saturated carbocycles. The first kappa shape index (κ1) is 13.7. The summed E-state index contributed by atoms with van der Waals surface area (Å²) in [5, 5.41) is 0. The van der Waals surface area contributed by atoms with E-state index in [1.165, 1.54) is 4.90 Å². The van der Waals surface area contributed by atoms with Gasteiger partial charge in [-0.05, 0) is 54.3 Å². The van der Waals surface area contributed by atoms with Crippen molar-refractivity contribution in [3.05, 3.63) is 59.7 Å². The molecule has 0 N–H and O–H groups in total. The van der Waals surface area contributed by atoms with Crippen molar-refractivity contribution in [2.45, 2.75) is 11.8 Å². The van der Waals surface area contributed by atoms with Crippen LogP contribution < -0.4 is 4.74 Å². The summed E-state index contributed by atoms with van der Waals surface area (Å²) >= 11 is 1.77. The summed E-state index contributed by atoms with van der Waals surface area (Å²) in [6, 6.07) is 14.9. The Hall–Kier alpha value is -1.74. The second-order valence-corrected chi connectivity index (χ2v) is 5.35. The van der Waals surface area contributed by atoms with Crippen LogP contribution in [0.15, 0.2) is 53.4 Å². The standard InChI is InChI=1S/C16H16O2S/c1-3-19-15-10-6-13(7-11-15)16(17)12-4-8-14(18-2)9-5-12/h4-11H,3H2,1-2H3. The number of methoxy groups -OCH3 is 1. The van der Waals surface area contributed by atoms with E-state index in [4.69, 9.17) is 4.74 Å². The Morgan fingerprint density at radius 3 is 2.00 bits per heavy atom. The molecule has 0 radical (unpaired) electrons. The topological polar surface area (TPSA) is 26.3 Å². The smallest absolute Gasteiger partial charge is 0.193 e. The molecule has 19 heavy (non-hydrogen) atoms. The van der Waals surface area contributed by atoms with E-state index in [2.05, 4.69) is 6.92 Å². The molecule has 2 rings (SSSR count). The Morgan fingerprint density at radius 1 is 1.00 bits per heavy atom. The van der Waals surface area contributed by atoms with Gasteiger partial charge in [0.2, 0.25) is 0 Å². The van der Waals surface area contributed by atoms with Gasteiger partial charge < -0.3 is 4.74 Å². The number of hydrogen-bond acceptors (Lipinski definition) is 3. The quantitative estimate of drug-likeness (QED) is 0.607. The van der Waals surface area contributed by atoms with Crippen LogP contribution in [-0.4, -0.2) is 18.6 Å². The van der Waals surface area contributed by atoms with Crippen LogP contribution in [0.1, 0.15) is 22.8 Å². The first-order chi connectivity index (χ1) is 9.24. The Balaban J connectivity index is 2.18. The van der Waals surface area contributed by atoms with Gasteiger partial charge in [-0.1, -0.05) is 6.92 Å². The molecule has 0 aliphatic heterocycles. The lowest BCUT2D eigenvalue weighted by Crippen LogP contribution is -2.00. The fourth-order valence-corrected chi connectivity index (χ4v) is 2.44. The molecular formula is C16H16O2S. The first-order valence-electron chi connectivity index (χ1n) is 6.16. The molecular weight excluding hydrogens is 256 g/mol. The van der Waals surface area contributed by atoms with E-state index in [1.807, 2.05) is 24.3 Å². The molecule has 0 aromatic heterocycles. The van der Waals surface area contributed by atoms with E-state index in [9.17, 15) is 4.79 Å². The minimum absolute atomic E-state index is 0.0377. The molecule has 0 amide bonds. The van der Waals surface area contributed by atoms with Crippen LogP contribution in [0.25, 0.3) is 0 Å². The van der Waals surface area contributed by atoms with Gasteiger partial charge in [0.15, 0.2) is 5.78 Å². The number of carbonyl (C=O) groups is 1. The summed E-state index contributed by atoms with van der Waals surface area (Å²) in [6.45, 7) is 2.11. The number of thioether (sulfide) groups is 1. The second kappa shape index (κ2) is 6.43. The van der Waals surface area contributed by atoms with Gasteiger partial charge in [-0.25, -0.2) is 0 Å². The molecule has 0 spiro atoms. The van der Waals surface area contributed by atoms with Gasteiger partial charge in [-0.2, -0.15) is 0 Å². The third-order valence-electron chi connectivity index (χ3n) is 2.78. The molecule has 0 heterocycles. The fraction of sp³-hybridized carbons (Fsp3) is 0.188. The molecule has 98 valence electrons. The van der Waals surface area contributed by atoms with Crippen LogP contribution in [0.3, 0.4) is 0 Å². The number of rotatable bonds is 5. The molecule has 0 unspecified atom stereocenters. The monoisotopic (exact) mass is 272 g/mol. The van der Waals surface area contributed by atoms with Gasteiger partial charge >= 0.3 is 0 Å². The minimum atomic E-state index is 0.0377. The summed E-state index contributed by atoms with van der Waals surface area (Å²) in [5.41, 5.74) is 1.39. The van der Waals surface area contributed by atoms with Gasteiger partial charge in [0, 0.05) is 16.0 Å². The van der Waals surface area contributed by atoms with Crippen molar-refractivity contribution in [2.75, 3.05) is 12.9 Å². The van der Waals surface area contributed by atoms with Crippen LogP contribution >= 0.6 is 11.8 Å². The third-order valence-corrected chi connectivity index (χ3v) is 3.67. The molecule has 0 aliphatic carbocycles. The van der Waals surface area contributed by atoms with Crippen molar-refractivity contribution >= 4 is 17.5 Å². The summed E-state index contributed by atoms with van der Waals surface area (Å²) in [5.74, 6) is 1.83. The number of ketones is 1. The van der Waals surface area contributed by atoms with E-state index >= 15 is 0 Å². The van der Waals surface area contributed by atoms with Crippen molar-refractivity contribution in [3.63, 3.8) is 0 Å². The molecule has 2 aromatic carbocycles. The van der Waals surface area contributed by atoms with Gasteiger partial charge in [0.1, 0.15) is 5.75 Å². The number of carbonyl (C=O) groups excluding carboxylic acids is 1. The average molecular weight is 272 g/mol. The fourth-order valence-electron chi connectivity index (χ4n) is 1.78. The third kappa shape index (κ3) is 3.38. The summed E-state index contributed by atoms with van der Waals surface area (Å²) in [6.07, 6.45) is 0. The molecule has 0 aliphatic rings. The SMILES string of the molecule is CCSc1ccc(C(=O)c2ccc(OC)cc2)cc1. The van der Waals surface area contributed by atoms with Crippen LogP contribution in [0.4, 0.5) is 0 Å². The number of ether oxygens (including phenoxy) is 1. The maximum absolute atomic E-state index is 12.3. The van der Waals surface area contributed by atoms with Crippen molar-refractivity contribution in [2.24, 2.45) is 0 Å². The summed E-state index contributed by atoms with van der Waals surface area (Å²) < 4.78 is 5.08. The Morgan fingerprint density at radius 2 is 1.53 bits per heavy atom. The molecule has 0 saturated heterocycles. The van der Waals surface area contributed by atoms with E-state index in [0.717, 1.165) is 11.5 Å². The van der Waals surface area contributed by atoms with Crippen molar-refractivity contribution in [1.82, 2.24) is 0 Å². The second-order valence-electron chi connectivity index (χ2n) is 4.02. The van der Waals surface area contributed by atoms with E-state index in [0.29, 0.717) is 11.1 Å². The number of benzene rings is 2. The zero-order valence-electron chi connectivity index (χ0n) is 11.1. The lowest BCUT2D eigenvalue weighted by molar-refractivity contribution is 0.103. The Kier molecular flexibility index (Phi) is 4.63. The van der Waals surface area contributed by atoms with Gasteiger partial charge in [0.25, 0.3) is 0 Å². The summed E-state index contributed by atoms with van der Waals surface area (Å²) in [7, 11) is 1.61. The molecule has 3 heteroatoms. The van der Waals surface area contributed by atoms with Crippen LogP contribution in [0.5, 0.6) is 5.75 Å². The Labute approximate surface area is 117 Å². The maximum Gasteiger partial charge on any atom is 0.193 e. The van der Waals surface area contributed by atoms with Crippen molar-refractivity contribution < 1.29 is 9.53 Å². The number of hydrogen-bond donors (Lipinski definition) is 0. The highest BCUT2D eigenvalue weighted by atomic mass is 32.2. The maximum atomic E-state index is 12.3. The predicted octanol–water partition coefficient (Wildman–Crippen LogP) is 4.04. The first-order valence-corrected chi connectivity index (χ1v) is 7.14. The van der Waals surface area contributed by atoms with Crippen LogP contribution in [-0.2, 0) is 0 Å². The average Bonchev–Trinajstić information content (AvgIpc) is 2.48. The lowest BCUT2D eigenvalue weighted by Gasteiger charge is -2.04. The summed E-state index contributed by atoms with van der Waals surface area (Å²) in [4.78, 5) is 13.5. The normalized spacial score (nSPS) is 10.2. The zero-order valence-corrected chi connectivity index (χ0v) is 11.9. The van der Waals surface area contributed by atoms with Crippen molar-refractivity contribution in [3.8, 4) is 5.75 Å². The van der Waals surface area contributed by atoms with E-state index in [-0.39, 0.29) is 5.78 Å². The minimum Gasteiger partial charge on any atom is -0.497 e. The van der Waals surface area contributed by atoms with Crippen molar-refractivity contribution in [1.29, 1.82) is 0 Å². The molecule has 2 aromatic rings. The molecule has 0 atom stereocenters. The Bertz CT molecular complexity index is 544. The molecule has 2 nitrogen and oxygen atoms in total. The van der Waals surface area contributed by atoms with Gasteiger partial charge in [0.05, 0.1) is 7.11 Å². The van der Waals surface area contributed by atoms with E-state index < -0.39 is 0 Å². The lowest BCUT2D eigenvalue weighted by atomic mass is 10.0. The van der Waals surface area contributed by atoms with Crippen LogP contribution in [0.2, 0.25) is 0 Å². The largest absolute Gasteiger partial charge is 0.497 e. The van der Waals surface area contributed by atoms with Crippen LogP contribution in [0, 0.1) is 0 Å². The van der Waals surface area contributed by atoms with Gasteiger partial charge in [-0.15, -0.1) is 11.8 Å². The molecule has 0 bridgehead atoms. The highest BCUT2D eigenvalue weighted by molar-refractivity contribution is 7.99. The van der Waals surface area contributed by atoms with E-state index in [1.54, 1.807) is 43.1 Å². The highest BCUT2D eigenvalue weighted by Crippen LogP contribution is 2.20. The molecule has 0 fully saturated rings. The van der Waals surface area contributed by atoms with Gasteiger partial charge in [-0.3, -0.25) is 4.79 Å². The zero-order chi connectivity index (χ0) is 13.7.